The normalized spacial score (nSPS) is 14.5. The highest BCUT2D eigenvalue weighted by Gasteiger charge is 2.27. The minimum absolute atomic E-state index is 0.148. The number of carbonyl (C=O) groups is 2. The minimum atomic E-state index is -3.55. The van der Waals surface area contributed by atoms with Crippen molar-refractivity contribution >= 4 is 39.0 Å². The number of rotatable bonds is 9. The van der Waals surface area contributed by atoms with Crippen LogP contribution in [0.4, 0.5) is 10.5 Å². The number of amides is 3. The summed E-state index contributed by atoms with van der Waals surface area (Å²) < 4.78 is 37.5. The maximum atomic E-state index is 12.6. The van der Waals surface area contributed by atoms with E-state index < -0.39 is 16.1 Å². The van der Waals surface area contributed by atoms with Crippen LogP contribution in [-0.4, -0.2) is 64.1 Å². The highest BCUT2D eigenvalue weighted by Crippen LogP contribution is 2.25. The van der Waals surface area contributed by atoms with Crippen molar-refractivity contribution in [3.05, 3.63) is 41.3 Å². The smallest absolute Gasteiger partial charge is 0.315 e. The fourth-order valence-corrected chi connectivity index (χ4v) is 5.76. The molecule has 32 heavy (non-hydrogen) atoms. The van der Waals surface area contributed by atoms with E-state index in [1.54, 1.807) is 30.3 Å². The summed E-state index contributed by atoms with van der Waals surface area (Å²) in [5, 5.41) is 7.77. The highest BCUT2D eigenvalue weighted by molar-refractivity contribution is 7.91. The lowest BCUT2D eigenvalue weighted by atomic mass is 10.3. The number of anilines is 1. The van der Waals surface area contributed by atoms with Gasteiger partial charge in [0.15, 0.2) is 0 Å². The van der Waals surface area contributed by atoms with Crippen molar-refractivity contribution in [1.29, 1.82) is 0 Å². The summed E-state index contributed by atoms with van der Waals surface area (Å²) in [5.41, 5.74) is 0.591. The van der Waals surface area contributed by atoms with Gasteiger partial charge >= 0.3 is 6.03 Å². The Hall–Kier alpha value is -2.67. The van der Waals surface area contributed by atoms with Gasteiger partial charge in [0, 0.05) is 23.7 Å². The average molecular weight is 483 g/mol. The number of nitrogens with one attached hydrogen (secondary N) is 3. The standard InChI is InChI=1S/C20H26N4O6S2/c1-2-30-16-5-3-15(4-6-16)23-18(25)14-22-20(26)21-13-17-7-8-19(31-17)32(27,28)24-9-11-29-12-10-24/h3-8H,2,9-14H2,1H3,(H,23,25)(H2,21,22,26). The Bertz CT molecular complexity index is 1020. The first-order chi connectivity index (χ1) is 15.4. The van der Waals surface area contributed by atoms with Gasteiger partial charge in [-0.25, -0.2) is 13.2 Å². The molecule has 1 aliphatic heterocycles. The van der Waals surface area contributed by atoms with Crippen LogP contribution in [0.2, 0.25) is 0 Å². The average Bonchev–Trinajstić information content (AvgIpc) is 3.28. The van der Waals surface area contributed by atoms with E-state index in [1.165, 1.54) is 10.4 Å². The molecule has 10 nitrogen and oxygen atoms in total. The Labute approximate surface area is 190 Å². The SMILES string of the molecule is CCOc1ccc(NC(=O)CNC(=O)NCc2ccc(S(=O)(=O)N3CCOCC3)s2)cc1. The molecule has 3 rings (SSSR count). The molecule has 0 atom stereocenters. The second-order valence-corrected chi connectivity index (χ2v) is 10.1. The molecule has 3 N–H and O–H groups in total. The molecule has 174 valence electrons. The molecule has 0 radical (unpaired) electrons. The summed E-state index contributed by atoms with van der Waals surface area (Å²) in [6, 6.07) is 9.58. The van der Waals surface area contributed by atoms with Gasteiger partial charge in [-0.05, 0) is 43.3 Å². The van der Waals surface area contributed by atoms with Crippen LogP contribution in [0.3, 0.4) is 0 Å². The zero-order valence-corrected chi connectivity index (χ0v) is 19.3. The first kappa shape index (κ1) is 24.0. The van der Waals surface area contributed by atoms with Crippen molar-refractivity contribution in [3.8, 4) is 5.75 Å². The predicted molar refractivity (Wildman–Crippen MR) is 120 cm³/mol. The lowest BCUT2D eigenvalue weighted by molar-refractivity contribution is -0.115. The molecule has 1 aromatic heterocycles. The Morgan fingerprint density at radius 3 is 2.50 bits per heavy atom. The monoisotopic (exact) mass is 482 g/mol. The molecule has 0 unspecified atom stereocenters. The van der Waals surface area contributed by atoms with Crippen LogP contribution in [0.5, 0.6) is 5.75 Å². The number of hydrogen-bond acceptors (Lipinski definition) is 7. The Balaban J connectivity index is 1.41. The molecule has 0 saturated carbocycles. The molecular formula is C20H26N4O6S2. The molecule has 1 aromatic carbocycles. The topological polar surface area (TPSA) is 126 Å². The minimum Gasteiger partial charge on any atom is -0.494 e. The molecule has 1 saturated heterocycles. The lowest BCUT2D eigenvalue weighted by Crippen LogP contribution is -2.40. The second kappa shape index (κ2) is 11.3. The molecular weight excluding hydrogens is 456 g/mol. The quantitative estimate of drug-likeness (QED) is 0.499. The van der Waals surface area contributed by atoms with Gasteiger partial charge in [-0.2, -0.15) is 4.31 Å². The number of benzene rings is 1. The molecule has 0 bridgehead atoms. The van der Waals surface area contributed by atoms with Crippen molar-refractivity contribution in [2.75, 3.05) is 44.8 Å². The number of urea groups is 1. The molecule has 2 aromatic rings. The van der Waals surface area contributed by atoms with Crippen LogP contribution in [0.25, 0.3) is 0 Å². The Kier molecular flexibility index (Phi) is 8.45. The van der Waals surface area contributed by atoms with Crippen molar-refractivity contribution in [3.63, 3.8) is 0 Å². The maximum Gasteiger partial charge on any atom is 0.315 e. The van der Waals surface area contributed by atoms with Gasteiger partial charge < -0.3 is 25.4 Å². The number of hydrogen-bond donors (Lipinski definition) is 3. The van der Waals surface area contributed by atoms with E-state index in [0.29, 0.717) is 49.2 Å². The van der Waals surface area contributed by atoms with Gasteiger partial charge in [-0.3, -0.25) is 4.79 Å². The summed E-state index contributed by atoms with van der Waals surface area (Å²) in [7, 11) is -3.55. The maximum absolute atomic E-state index is 12.6. The van der Waals surface area contributed by atoms with E-state index >= 15 is 0 Å². The van der Waals surface area contributed by atoms with Crippen LogP contribution >= 0.6 is 11.3 Å². The first-order valence-electron chi connectivity index (χ1n) is 10.1. The van der Waals surface area contributed by atoms with E-state index in [2.05, 4.69) is 16.0 Å². The van der Waals surface area contributed by atoms with Crippen LogP contribution < -0.4 is 20.7 Å². The zero-order chi connectivity index (χ0) is 23.0. The van der Waals surface area contributed by atoms with Gasteiger partial charge in [0.05, 0.1) is 32.9 Å². The highest BCUT2D eigenvalue weighted by atomic mass is 32.2. The van der Waals surface area contributed by atoms with Crippen molar-refractivity contribution < 1.29 is 27.5 Å². The summed E-state index contributed by atoms with van der Waals surface area (Å²) in [5.74, 6) is 0.330. The number of thiophene rings is 1. The summed E-state index contributed by atoms with van der Waals surface area (Å²) in [6.07, 6.45) is 0. The fraction of sp³-hybridized carbons (Fsp3) is 0.400. The predicted octanol–water partition coefficient (Wildman–Crippen LogP) is 1.61. The summed E-state index contributed by atoms with van der Waals surface area (Å²) >= 11 is 1.10. The molecule has 1 fully saturated rings. The van der Waals surface area contributed by atoms with Crippen molar-refractivity contribution in [1.82, 2.24) is 14.9 Å². The van der Waals surface area contributed by atoms with Gasteiger partial charge in [-0.15, -0.1) is 11.3 Å². The molecule has 3 amide bonds. The zero-order valence-electron chi connectivity index (χ0n) is 17.6. The fourth-order valence-electron chi connectivity index (χ4n) is 2.90. The third-order valence-corrected chi connectivity index (χ3v) is 7.93. The molecule has 2 heterocycles. The first-order valence-corrected chi connectivity index (χ1v) is 12.3. The number of ether oxygens (including phenoxy) is 2. The largest absolute Gasteiger partial charge is 0.494 e. The second-order valence-electron chi connectivity index (χ2n) is 6.78. The summed E-state index contributed by atoms with van der Waals surface area (Å²) in [4.78, 5) is 24.7. The van der Waals surface area contributed by atoms with Crippen molar-refractivity contribution in [2.24, 2.45) is 0 Å². The van der Waals surface area contributed by atoms with Gasteiger partial charge in [0.2, 0.25) is 5.91 Å². The van der Waals surface area contributed by atoms with Crippen LogP contribution in [0, 0.1) is 0 Å². The molecule has 12 heteroatoms. The Morgan fingerprint density at radius 2 is 1.81 bits per heavy atom. The van der Waals surface area contributed by atoms with Gasteiger partial charge in [-0.1, -0.05) is 0 Å². The molecule has 0 aliphatic carbocycles. The third kappa shape index (κ3) is 6.66. The number of carbonyl (C=O) groups excluding carboxylic acids is 2. The molecule has 0 spiro atoms. The van der Waals surface area contributed by atoms with Gasteiger partial charge in [0.25, 0.3) is 10.0 Å². The Morgan fingerprint density at radius 1 is 1.09 bits per heavy atom. The van der Waals surface area contributed by atoms with E-state index in [9.17, 15) is 18.0 Å². The number of nitrogens with zero attached hydrogens (tertiary/aromatic N) is 1. The lowest BCUT2D eigenvalue weighted by Gasteiger charge is -2.25. The molecule has 1 aliphatic rings. The van der Waals surface area contributed by atoms with Gasteiger partial charge in [0.1, 0.15) is 9.96 Å². The third-order valence-electron chi connectivity index (χ3n) is 4.48. The van der Waals surface area contributed by atoms with Crippen LogP contribution in [0.1, 0.15) is 11.8 Å². The summed E-state index contributed by atoms with van der Waals surface area (Å²) in [6.45, 7) is 3.80. The van der Waals surface area contributed by atoms with E-state index in [0.717, 1.165) is 11.3 Å². The van der Waals surface area contributed by atoms with E-state index in [-0.39, 0.29) is 23.2 Å². The van der Waals surface area contributed by atoms with E-state index in [4.69, 9.17) is 9.47 Å². The van der Waals surface area contributed by atoms with E-state index in [1.807, 2.05) is 6.92 Å². The number of sulfonamides is 1. The number of morpholine rings is 1. The van der Waals surface area contributed by atoms with Crippen LogP contribution in [-0.2, 0) is 26.1 Å². The van der Waals surface area contributed by atoms with Crippen LogP contribution in [0.15, 0.2) is 40.6 Å². The van der Waals surface area contributed by atoms with Crippen molar-refractivity contribution in [2.45, 2.75) is 17.7 Å².